The standard InChI is InChI=1S/C25H31N3O/c1-27(22-11-3-2-4-12-22)19-21-10-5-7-13-23(21)26-25(29)16-18-28-17-15-20-9-6-8-14-24(20)28/h5-10,13-15,17,22H,2-4,11-12,16,18-19H2,1H3,(H,26,29). The molecule has 0 aliphatic heterocycles. The van der Waals surface area contributed by atoms with Crippen LogP contribution in [-0.4, -0.2) is 28.5 Å². The molecular formula is C25H31N3O. The molecule has 0 saturated heterocycles. The van der Waals surface area contributed by atoms with Gasteiger partial charge < -0.3 is 9.88 Å². The minimum absolute atomic E-state index is 0.0653. The molecule has 152 valence electrons. The van der Waals surface area contributed by atoms with E-state index in [4.69, 9.17) is 0 Å². The molecule has 1 amide bonds. The number of fused-ring (bicyclic) bond motifs is 1. The van der Waals surface area contributed by atoms with E-state index in [0.717, 1.165) is 12.2 Å². The third-order valence-electron chi connectivity index (χ3n) is 6.17. The lowest BCUT2D eigenvalue weighted by Crippen LogP contribution is -2.33. The van der Waals surface area contributed by atoms with Gasteiger partial charge in [-0.2, -0.15) is 0 Å². The predicted molar refractivity (Wildman–Crippen MR) is 120 cm³/mol. The summed E-state index contributed by atoms with van der Waals surface area (Å²) in [5.41, 5.74) is 3.31. The average molecular weight is 390 g/mol. The van der Waals surface area contributed by atoms with E-state index < -0.39 is 0 Å². The summed E-state index contributed by atoms with van der Waals surface area (Å²) in [5.74, 6) is 0.0653. The van der Waals surface area contributed by atoms with E-state index in [1.165, 1.54) is 48.6 Å². The van der Waals surface area contributed by atoms with Crippen molar-refractivity contribution in [2.24, 2.45) is 0 Å². The first-order chi connectivity index (χ1) is 14.2. The Morgan fingerprint density at radius 2 is 1.79 bits per heavy atom. The van der Waals surface area contributed by atoms with Crippen LogP contribution in [-0.2, 0) is 17.9 Å². The molecule has 3 aromatic rings. The molecule has 1 N–H and O–H groups in total. The zero-order valence-electron chi connectivity index (χ0n) is 17.3. The Labute approximate surface area is 173 Å². The van der Waals surface area contributed by atoms with Crippen LogP contribution in [0.25, 0.3) is 10.9 Å². The number of amides is 1. The number of carbonyl (C=O) groups excluding carboxylic acids is 1. The van der Waals surface area contributed by atoms with Gasteiger partial charge in [0.2, 0.25) is 5.91 Å². The summed E-state index contributed by atoms with van der Waals surface area (Å²) in [7, 11) is 2.21. The lowest BCUT2D eigenvalue weighted by atomic mass is 9.94. The first-order valence-corrected chi connectivity index (χ1v) is 10.8. The zero-order chi connectivity index (χ0) is 20.1. The van der Waals surface area contributed by atoms with Gasteiger partial charge in [-0.25, -0.2) is 0 Å². The van der Waals surface area contributed by atoms with E-state index in [9.17, 15) is 4.79 Å². The molecule has 1 saturated carbocycles. The van der Waals surface area contributed by atoms with Crippen molar-refractivity contribution >= 4 is 22.5 Å². The molecule has 1 aliphatic rings. The van der Waals surface area contributed by atoms with Crippen molar-refractivity contribution < 1.29 is 4.79 Å². The van der Waals surface area contributed by atoms with Crippen LogP contribution >= 0.6 is 0 Å². The number of anilines is 1. The molecule has 0 spiro atoms. The molecule has 0 atom stereocenters. The van der Waals surface area contributed by atoms with Gasteiger partial charge in [0.05, 0.1) is 0 Å². The third-order valence-corrected chi connectivity index (χ3v) is 6.17. The topological polar surface area (TPSA) is 37.3 Å². The minimum atomic E-state index is 0.0653. The van der Waals surface area contributed by atoms with Gasteiger partial charge in [-0.1, -0.05) is 55.7 Å². The highest BCUT2D eigenvalue weighted by Gasteiger charge is 2.19. The molecule has 2 aromatic carbocycles. The van der Waals surface area contributed by atoms with E-state index in [1.807, 2.05) is 24.3 Å². The van der Waals surface area contributed by atoms with Gasteiger partial charge in [0.25, 0.3) is 0 Å². The maximum Gasteiger partial charge on any atom is 0.226 e. The van der Waals surface area contributed by atoms with Crippen molar-refractivity contribution in [1.82, 2.24) is 9.47 Å². The zero-order valence-corrected chi connectivity index (χ0v) is 17.3. The van der Waals surface area contributed by atoms with Gasteiger partial charge >= 0.3 is 0 Å². The first kappa shape index (κ1) is 19.7. The van der Waals surface area contributed by atoms with Crippen LogP contribution in [0.15, 0.2) is 60.8 Å². The summed E-state index contributed by atoms with van der Waals surface area (Å²) in [6, 6.07) is 19.3. The van der Waals surface area contributed by atoms with Crippen molar-refractivity contribution in [3.63, 3.8) is 0 Å². The molecule has 0 radical (unpaired) electrons. The highest BCUT2D eigenvalue weighted by molar-refractivity contribution is 5.91. The summed E-state index contributed by atoms with van der Waals surface area (Å²) >= 11 is 0. The van der Waals surface area contributed by atoms with E-state index in [1.54, 1.807) is 0 Å². The van der Waals surface area contributed by atoms with Crippen molar-refractivity contribution in [2.45, 2.75) is 57.7 Å². The molecule has 29 heavy (non-hydrogen) atoms. The number of aromatic nitrogens is 1. The number of aryl methyl sites for hydroxylation is 1. The summed E-state index contributed by atoms with van der Waals surface area (Å²) in [4.78, 5) is 15.1. The Morgan fingerprint density at radius 1 is 1.03 bits per heavy atom. The first-order valence-electron chi connectivity index (χ1n) is 10.8. The molecule has 4 rings (SSSR count). The SMILES string of the molecule is CN(Cc1ccccc1NC(=O)CCn1ccc2ccccc21)C1CCCCC1. The Bertz CT molecular complexity index is 955. The number of para-hydroxylation sites is 2. The van der Waals surface area contributed by atoms with Crippen molar-refractivity contribution in [3.8, 4) is 0 Å². The molecule has 0 unspecified atom stereocenters. The normalized spacial score (nSPS) is 15.1. The number of hydrogen-bond acceptors (Lipinski definition) is 2. The van der Waals surface area contributed by atoms with Gasteiger partial charge in [-0.3, -0.25) is 9.69 Å². The Hall–Kier alpha value is -2.59. The van der Waals surface area contributed by atoms with Gasteiger partial charge in [0.1, 0.15) is 0 Å². The summed E-state index contributed by atoms with van der Waals surface area (Å²) in [5, 5.41) is 4.36. The predicted octanol–water partition coefficient (Wildman–Crippen LogP) is 5.43. The Balaban J connectivity index is 1.36. The quantitative estimate of drug-likeness (QED) is 0.585. The third kappa shape index (κ3) is 4.88. The van der Waals surface area contributed by atoms with Crippen LogP contribution in [0.5, 0.6) is 0 Å². The summed E-state index contributed by atoms with van der Waals surface area (Å²) in [6.07, 6.45) is 9.14. The highest BCUT2D eigenvalue weighted by atomic mass is 16.1. The van der Waals surface area contributed by atoms with E-state index in [-0.39, 0.29) is 5.91 Å². The molecule has 4 nitrogen and oxygen atoms in total. The molecule has 1 fully saturated rings. The maximum absolute atomic E-state index is 12.6. The van der Waals surface area contributed by atoms with Crippen LogP contribution in [0.2, 0.25) is 0 Å². The molecule has 1 aromatic heterocycles. The number of rotatable bonds is 7. The average Bonchev–Trinajstić information content (AvgIpc) is 3.17. The summed E-state index contributed by atoms with van der Waals surface area (Å²) in [6.45, 7) is 1.56. The van der Waals surface area contributed by atoms with Crippen molar-refractivity contribution in [1.29, 1.82) is 0 Å². The molecular weight excluding hydrogens is 358 g/mol. The van der Waals surface area contributed by atoms with Gasteiger partial charge in [-0.05, 0) is 49.0 Å². The maximum atomic E-state index is 12.6. The highest BCUT2D eigenvalue weighted by Crippen LogP contribution is 2.25. The number of carbonyl (C=O) groups is 1. The van der Waals surface area contributed by atoms with E-state index >= 15 is 0 Å². The van der Waals surface area contributed by atoms with Crippen LogP contribution in [0.1, 0.15) is 44.1 Å². The van der Waals surface area contributed by atoms with Gasteiger partial charge in [-0.15, -0.1) is 0 Å². The Morgan fingerprint density at radius 3 is 2.66 bits per heavy atom. The number of benzene rings is 2. The van der Waals surface area contributed by atoms with Gasteiger partial charge in [0, 0.05) is 43.0 Å². The van der Waals surface area contributed by atoms with Crippen LogP contribution in [0.3, 0.4) is 0 Å². The number of nitrogens with zero attached hydrogens (tertiary/aromatic N) is 2. The monoisotopic (exact) mass is 389 g/mol. The minimum Gasteiger partial charge on any atom is -0.347 e. The largest absolute Gasteiger partial charge is 0.347 e. The number of nitrogens with one attached hydrogen (secondary N) is 1. The smallest absolute Gasteiger partial charge is 0.226 e. The summed E-state index contributed by atoms with van der Waals surface area (Å²) < 4.78 is 2.15. The second kappa shape index (κ2) is 9.27. The lowest BCUT2D eigenvalue weighted by Gasteiger charge is -2.31. The fourth-order valence-electron chi connectivity index (χ4n) is 4.47. The van der Waals surface area contributed by atoms with E-state index in [0.29, 0.717) is 19.0 Å². The Kier molecular flexibility index (Phi) is 6.30. The molecule has 4 heteroatoms. The van der Waals surface area contributed by atoms with Crippen LogP contribution in [0.4, 0.5) is 5.69 Å². The number of hydrogen-bond donors (Lipinski definition) is 1. The van der Waals surface area contributed by atoms with Crippen molar-refractivity contribution in [3.05, 3.63) is 66.4 Å². The van der Waals surface area contributed by atoms with E-state index in [2.05, 4.69) is 58.4 Å². The van der Waals surface area contributed by atoms with Crippen LogP contribution < -0.4 is 5.32 Å². The fraction of sp³-hybridized carbons (Fsp3) is 0.400. The lowest BCUT2D eigenvalue weighted by molar-refractivity contribution is -0.116. The van der Waals surface area contributed by atoms with Gasteiger partial charge in [0.15, 0.2) is 0 Å². The van der Waals surface area contributed by atoms with Crippen molar-refractivity contribution in [2.75, 3.05) is 12.4 Å². The molecule has 1 aliphatic carbocycles. The van der Waals surface area contributed by atoms with Crippen LogP contribution in [0, 0.1) is 0 Å². The fourth-order valence-corrected chi connectivity index (χ4v) is 4.47. The molecule has 0 bridgehead atoms. The molecule has 1 heterocycles. The second-order valence-corrected chi connectivity index (χ2v) is 8.23. The second-order valence-electron chi connectivity index (χ2n) is 8.23.